The highest BCUT2D eigenvalue weighted by atomic mass is 79.9. The number of hydrogen-bond acceptors (Lipinski definition) is 5. The van der Waals surface area contributed by atoms with Crippen molar-refractivity contribution < 1.29 is 0 Å². The van der Waals surface area contributed by atoms with Crippen molar-refractivity contribution in [1.82, 2.24) is 15.2 Å². The molecule has 23 heavy (non-hydrogen) atoms. The predicted octanol–water partition coefficient (Wildman–Crippen LogP) is 4.74. The molecule has 3 aromatic rings. The van der Waals surface area contributed by atoms with Crippen LogP contribution in [-0.2, 0) is 0 Å². The summed E-state index contributed by atoms with van der Waals surface area (Å²) in [6.07, 6.45) is 1.60. The number of anilines is 4. The molecule has 0 unspecified atom stereocenters. The maximum atomic E-state index is 4.44. The zero-order valence-electron chi connectivity index (χ0n) is 12.8. The molecule has 5 nitrogen and oxygen atoms in total. The van der Waals surface area contributed by atoms with Gasteiger partial charge in [0.15, 0.2) is 5.82 Å². The lowest BCUT2D eigenvalue weighted by Crippen LogP contribution is -2.02. The minimum absolute atomic E-state index is 0.442. The topological polar surface area (TPSA) is 62.7 Å². The molecule has 0 saturated heterocycles. The van der Waals surface area contributed by atoms with Gasteiger partial charge in [0, 0.05) is 15.8 Å². The molecule has 0 aliphatic heterocycles. The molecule has 2 N–H and O–H groups in total. The number of aromatic nitrogens is 3. The van der Waals surface area contributed by atoms with E-state index in [1.165, 1.54) is 11.1 Å². The van der Waals surface area contributed by atoms with Gasteiger partial charge < -0.3 is 10.6 Å². The third kappa shape index (κ3) is 4.26. The Balaban J connectivity index is 1.79. The summed E-state index contributed by atoms with van der Waals surface area (Å²) in [4.78, 5) is 4.44. The zero-order chi connectivity index (χ0) is 16.2. The van der Waals surface area contributed by atoms with Gasteiger partial charge in [0.25, 0.3) is 0 Å². The maximum Gasteiger partial charge on any atom is 0.249 e. The van der Waals surface area contributed by atoms with Crippen molar-refractivity contribution >= 4 is 39.1 Å². The fourth-order valence-electron chi connectivity index (χ4n) is 2.31. The van der Waals surface area contributed by atoms with E-state index < -0.39 is 0 Å². The Bertz CT molecular complexity index is 814. The Morgan fingerprint density at radius 2 is 1.70 bits per heavy atom. The Kier molecular flexibility index (Phi) is 4.52. The fraction of sp³-hybridized carbons (Fsp3) is 0.118. The molecule has 1 aromatic heterocycles. The third-order valence-electron chi connectivity index (χ3n) is 3.13. The summed E-state index contributed by atoms with van der Waals surface area (Å²) in [5.74, 6) is 1.08. The van der Waals surface area contributed by atoms with E-state index in [2.05, 4.69) is 73.8 Å². The van der Waals surface area contributed by atoms with Crippen LogP contribution in [-0.4, -0.2) is 15.2 Å². The molecule has 0 radical (unpaired) electrons. The van der Waals surface area contributed by atoms with Gasteiger partial charge in [0.1, 0.15) is 0 Å². The van der Waals surface area contributed by atoms with E-state index in [0.29, 0.717) is 11.8 Å². The van der Waals surface area contributed by atoms with Crippen LogP contribution in [0.5, 0.6) is 0 Å². The first-order valence-electron chi connectivity index (χ1n) is 7.16. The lowest BCUT2D eigenvalue weighted by molar-refractivity contribution is 0.982. The van der Waals surface area contributed by atoms with Crippen molar-refractivity contribution in [2.75, 3.05) is 10.6 Å². The van der Waals surface area contributed by atoms with E-state index in [4.69, 9.17) is 0 Å². The van der Waals surface area contributed by atoms with Crippen LogP contribution in [0.25, 0.3) is 0 Å². The van der Waals surface area contributed by atoms with Gasteiger partial charge in [-0.3, -0.25) is 0 Å². The summed E-state index contributed by atoms with van der Waals surface area (Å²) >= 11 is 3.44. The molecule has 0 bridgehead atoms. The van der Waals surface area contributed by atoms with Crippen LogP contribution in [0.3, 0.4) is 0 Å². The fourth-order valence-corrected chi connectivity index (χ4v) is 2.71. The molecule has 0 aliphatic carbocycles. The number of rotatable bonds is 4. The predicted molar refractivity (Wildman–Crippen MR) is 96.5 cm³/mol. The minimum Gasteiger partial charge on any atom is -0.339 e. The van der Waals surface area contributed by atoms with Crippen LogP contribution < -0.4 is 10.6 Å². The van der Waals surface area contributed by atoms with Crippen molar-refractivity contribution in [2.45, 2.75) is 13.8 Å². The van der Waals surface area contributed by atoms with Gasteiger partial charge in [0.05, 0.1) is 6.20 Å². The normalized spacial score (nSPS) is 10.4. The van der Waals surface area contributed by atoms with Gasteiger partial charge in [-0.25, -0.2) is 0 Å². The van der Waals surface area contributed by atoms with E-state index in [1.807, 2.05) is 24.3 Å². The molecule has 0 atom stereocenters. The molecule has 6 heteroatoms. The molecular weight excluding hydrogens is 354 g/mol. The van der Waals surface area contributed by atoms with Crippen molar-refractivity contribution in [1.29, 1.82) is 0 Å². The first-order valence-corrected chi connectivity index (χ1v) is 7.95. The van der Waals surface area contributed by atoms with Crippen molar-refractivity contribution in [3.05, 3.63) is 64.3 Å². The molecule has 0 spiro atoms. The molecule has 2 aromatic carbocycles. The Morgan fingerprint density at radius 3 is 2.43 bits per heavy atom. The summed E-state index contributed by atoms with van der Waals surface area (Å²) in [5, 5.41) is 14.4. The molecule has 0 fully saturated rings. The molecule has 3 rings (SSSR count). The summed E-state index contributed by atoms with van der Waals surface area (Å²) in [6, 6.07) is 14.1. The van der Waals surface area contributed by atoms with Gasteiger partial charge in [-0.1, -0.05) is 28.1 Å². The highest BCUT2D eigenvalue weighted by molar-refractivity contribution is 9.10. The molecule has 0 saturated carbocycles. The lowest BCUT2D eigenvalue weighted by atomic mass is 10.1. The Labute approximate surface area is 143 Å². The average Bonchev–Trinajstić information content (AvgIpc) is 2.46. The van der Waals surface area contributed by atoms with Crippen LogP contribution >= 0.6 is 15.9 Å². The van der Waals surface area contributed by atoms with E-state index in [0.717, 1.165) is 15.8 Å². The van der Waals surface area contributed by atoms with Gasteiger partial charge in [-0.15, -0.1) is 5.10 Å². The van der Waals surface area contributed by atoms with Crippen LogP contribution in [0, 0.1) is 13.8 Å². The first kappa shape index (κ1) is 15.4. The van der Waals surface area contributed by atoms with Crippen molar-refractivity contribution in [2.24, 2.45) is 0 Å². The number of hydrogen-bond donors (Lipinski definition) is 2. The summed E-state index contributed by atoms with van der Waals surface area (Å²) in [7, 11) is 0. The van der Waals surface area contributed by atoms with Crippen molar-refractivity contribution in [3.8, 4) is 0 Å². The maximum absolute atomic E-state index is 4.44. The van der Waals surface area contributed by atoms with Crippen molar-refractivity contribution in [3.63, 3.8) is 0 Å². The number of nitrogens with zero attached hydrogens (tertiary/aromatic N) is 3. The van der Waals surface area contributed by atoms with E-state index >= 15 is 0 Å². The third-order valence-corrected chi connectivity index (χ3v) is 3.63. The van der Waals surface area contributed by atoms with Gasteiger partial charge in [-0.05, 0) is 55.3 Å². The minimum atomic E-state index is 0.442. The molecule has 0 aliphatic rings. The van der Waals surface area contributed by atoms with E-state index in [9.17, 15) is 0 Å². The molecule has 1 heterocycles. The Hall–Kier alpha value is -2.47. The lowest BCUT2D eigenvalue weighted by Gasteiger charge is -2.09. The quantitative estimate of drug-likeness (QED) is 0.695. The van der Waals surface area contributed by atoms with Gasteiger partial charge in [-0.2, -0.15) is 10.1 Å². The van der Waals surface area contributed by atoms with Crippen LogP contribution in [0.1, 0.15) is 11.1 Å². The zero-order valence-corrected chi connectivity index (χ0v) is 14.4. The smallest absolute Gasteiger partial charge is 0.249 e. The van der Waals surface area contributed by atoms with Crippen LogP contribution in [0.4, 0.5) is 23.1 Å². The summed E-state index contributed by atoms with van der Waals surface area (Å²) < 4.78 is 0.986. The number of benzene rings is 2. The largest absolute Gasteiger partial charge is 0.339 e. The number of aryl methyl sites for hydroxylation is 2. The second-order valence-electron chi connectivity index (χ2n) is 5.30. The number of nitrogens with one attached hydrogen (secondary N) is 2. The monoisotopic (exact) mass is 369 g/mol. The van der Waals surface area contributed by atoms with Crippen LogP contribution in [0.2, 0.25) is 0 Å². The number of halogens is 1. The summed E-state index contributed by atoms with van der Waals surface area (Å²) in [5.41, 5.74) is 4.27. The molecular formula is C17H16BrN5. The summed E-state index contributed by atoms with van der Waals surface area (Å²) in [6.45, 7) is 4.13. The highest BCUT2D eigenvalue weighted by Crippen LogP contribution is 2.20. The van der Waals surface area contributed by atoms with Crippen LogP contribution in [0.15, 0.2) is 53.1 Å². The van der Waals surface area contributed by atoms with Gasteiger partial charge in [0.2, 0.25) is 5.95 Å². The standard InChI is InChI=1S/C17H16BrN5/c1-11-6-12(2)8-15(7-11)20-16-10-19-23-17(22-16)21-14-5-3-4-13(18)9-14/h3-10H,1-2H3,(H2,20,21,22,23). The van der Waals surface area contributed by atoms with E-state index in [-0.39, 0.29) is 0 Å². The van der Waals surface area contributed by atoms with E-state index in [1.54, 1.807) is 6.20 Å². The highest BCUT2D eigenvalue weighted by Gasteiger charge is 2.03. The molecule has 0 amide bonds. The Morgan fingerprint density at radius 1 is 0.913 bits per heavy atom. The van der Waals surface area contributed by atoms with Gasteiger partial charge >= 0.3 is 0 Å². The second kappa shape index (κ2) is 6.75. The molecule has 116 valence electrons. The SMILES string of the molecule is Cc1cc(C)cc(Nc2cnnc(Nc3cccc(Br)c3)n2)c1. The average molecular weight is 370 g/mol. The first-order chi connectivity index (χ1) is 11.1. The second-order valence-corrected chi connectivity index (χ2v) is 6.22.